The summed E-state index contributed by atoms with van der Waals surface area (Å²) in [6.07, 6.45) is 11.7. The first-order valence-corrected chi connectivity index (χ1v) is 5.94. The van der Waals surface area contributed by atoms with E-state index in [1.807, 2.05) is 0 Å². The highest BCUT2D eigenvalue weighted by Gasteiger charge is 2.11. The second kappa shape index (κ2) is 5.43. The average molecular weight is 208 g/mol. The number of fused-ring (bicyclic) bond motifs is 1. The Kier molecular flexibility index (Phi) is 3.68. The largest absolute Gasteiger partial charge is 0.120 e. The number of rotatable bonds is 3. The maximum atomic E-state index is 5.19. The van der Waals surface area contributed by atoms with E-state index < -0.39 is 0 Å². The van der Waals surface area contributed by atoms with Crippen molar-refractivity contribution in [3.63, 3.8) is 0 Å². The van der Waals surface area contributed by atoms with Gasteiger partial charge in [-0.1, -0.05) is 17.9 Å². The van der Waals surface area contributed by atoms with E-state index in [2.05, 4.69) is 36.0 Å². The van der Waals surface area contributed by atoms with E-state index in [1.54, 1.807) is 0 Å². The summed E-state index contributed by atoms with van der Waals surface area (Å²) >= 11 is 0. The zero-order valence-corrected chi connectivity index (χ0v) is 9.55. The van der Waals surface area contributed by atoms with Gasteiger partial charge in [-0.3, -0.25) is 0 Å². The molecule has 0 heteroatoms. The normalized spacial score (nSPS) is 11.7. The van der Waals surface area contributed by atoms with Crippen LogP contribution in [0.2, 0.25) is 0 Å². The Bertz CT molecular complexity index is 463. The van der Waals surface area contributed by atoms with E-state index in [-0.39, 0.29) is 0 Å². The molecule has 0 aliphatic heterocycles. The summed E-state index contributed by atoms with van der Waals surface area (Å²) in [6, 6.07) is 6.57. The van der Waals surface area contributed by atoms with Crippen LogP contribution >= 0.6 is 0 Å². The fourth-order valence-electron chi connectivity index (χ4n) is 1.88. The van der Waals surface area contributed by atoms with Crippen LogP contribution in [0, 0.1) is 24.2 Å². The van der Waals surface area contributed by atoms with E-state index in [0.29, 0.717) is 0 Å². The van der Waals surface area contributed by atoms with Gasteiger partial charge in [0.2, 0.25) is 0 Å². The van der Waals surface area contributed by atoms with Crippen molar-refractivity contribution in [2.24, 2.45) is 0 Å². The molecule has 0 saturated carbocycles. The number of hydrogen-bond acceptors (Lipinski definition) is 0. The highest BCUT2D eigenvalue weighted by atomic mass is 14.2. The second-order valence-electron chi connectivity index (χ2n) is 4.20. The van der Waals surface area contributed by atoms with Crippen molar-refractivity contribution in [1.29, 1.82) is 0 Å². The van der Waals surface area contributed by atoms with Crippen LogP contribution in [0.4, 0.5) is 0 Å². The molecular formula is C16H16. The third kappa shape index (κ3) is 2.68. The standard InChI is InChI=1S/C16H16/c1-2-3-4-5-6-7-8-14-9-10-15-11-12-16(15)13-14/h1,9-10,13H,3-6,11-12H2. The summed E-state index contributed by atoms with van der Waals surface area (Å²) < 4.78 is 0. The molecule has 0 radical (unpaired) electrons. The summed E-state index contributed by atoms with van der Waals surface area (Å²) in [6.45, 7) is 0. The SMILES string of the molecule is C#CCCCCC#Cc1ccc2c(c1)CC2. The monoisotopic (exact) mass is 208 g/mol. The first kappa shape index (κ1) is 10.8. The molecule has 80 valence electrons. The smallest absolute Gasteiger partial charge is 0.0248 e. The zero-order chi connectivity index (χ0) is 11.2. The summed E-state index contributed by atoms with van der Waals surface area (Å²) in [7, 11) is 0. The first-order valence-electron chi connectivity index (χ1n) is 5.94. The van der Waals surface area contributed by atoms with E-state index >= 15 is 0 Å². The van der Waals surface area contributed by atoms with Gasteiger partial charge >= 0.3 is 0 Å². The Morgan fingerprint density at radius 3 is 2.56 bits per heavy atom. The summed E-state index contributed by atoms with van der Waals surface area (Å²) in [5.74, 6) is 9.08. The van der Waals surface area contributed by atoms with Gasteiger partial charge in [-0.15, -0.1) is 12.3 Å². The van der Waals surface area contributed by atoms with E-state index in [9.17, 15) is 0 Å². The van der Waals surface area contributed by atoms with Crippen molar-refractivity contribution in [2.45, 2.75) is 38.5 Å². The predicted octanol–water partition coefficient (Wildman–Crippen LogP) is 3.33. The first-order chi connectivity index (χ1) is 7.90. The third-order valence-corrected chi connectivity index (χ3v) is 2.98. The van der Waals surface area contributed by atoms with Crippen molar-refractivity contribution in [3.05, 3.63) is 34.9 Å². The van der Waals surface area contributed by atoms with Gasteiger partial charge in [0.05, 0.1) is 0 Å². The van der Waals surface area contributed by atoms with Gasteiger partial charge < -0.3 is 0 Å². The molecule has 0 fully saturated rings. The molecule has 0 saturated heterocycles. The Balaban J connectivity index is 1.82. The molecule has 0 spiro atoms. The van der Waals surface area contributed by atoms with Crippen molar-refractivity contribution in [1.82, 2.24) is 0 Å². The molecule has 0 aromatic heterocycles. The number of benzene rings is 1. The molecule has 0 unspecified atom stereocenters. The molecule has 1 aliphatic carbocycles. The van der Waals surface area contributed by atoms with Crippen molar-refractivity contribution in [2.75, 3.05) is 0 Å². The second-order valence-corrected chi connectivity index (χ2v) is 4.20. The minimum atomic E-state index is 0.876. The molecule has 16 heavy (non-hydrogen) atoms. The topological polar surface area (TPSA) is 0 Å². The molecule has 0 nitrogen and oxygen atoms in total. The molecule has 2 rings (SSSR count). The van der Waals surface area contributed by atoms with Gasteiger partial charge in [0.25, 0.3) is 0 Å². The summed E-state index contributed by atoms with van der Waals surface area (Å²) in [4.78, 5) is 0. The predicted molar refractivity (Wildman–Crippen MR) is 68.0 cm³/mol. The van der Waals surface area contributed by atoms with Crippen LogP contribution in [0.1, 0.15) is 42.4 Å². The molecule has 1 aromatic carbocycles. The lowest BCUT2D eigenvalue weighted by atomic mass is 9.87. The molecule has 1 aromatic rings. The quantitative estimate of drug-likeness (QED) is 0.528. The highest BCUT2D eigenvalue weighted by molar-refractivity contribution is 5.44. The van der Waals surface area contributed by atoms with Crippen molar-refractivity contribution >= 4 is 0 Å². The van der Waals surface area contributed by atoms with E-state index in [1.165, 1.54) is 24.0 Å². The van der Waals surface area contributed by atoms with Gasteiger partial charge in [-0.25, -0.2) is 0 Å². The summed E-state index contributed by atoms with van der Waals surface area (Å²) in [5.41, 5.74) is 4.15. The highest BCUT2D eigenvalue weighted by Crippen LogP contribution is 2.23. The molecule has 1 aliphatic rings. The lowest BCUT2D eigenvalue weighted by molar-refractivity contribution is 0.783. The van der Waals surface area contributed by atoms with Crippen LogP contribution in [0.15, 0.2) is 18.2 Å². The van der Waals surface area contributed by atoms with Gasteiger partial charge in [-0.2, -0.15) is 0 Å². The molecule has 0 heterocycles. The molecular weight excluding hydrogens is 192 g/mol. The van der Waals surface area contributed by atoms with Gasteiger partial charge in [0.1, 0.15) is 0 Å². The van der Waals surface area contributed by atoms with Crippen LogP contribution in [0.3, 0.4) is 0 Å². The van der Waals surface area contributed by atoms with Crippen LogP contribution in [0.5, 0.6) is 0 Å². The van der Waals surface area contributed by atoms with Crippen LogP contribution in [0.25, 0.3) is 0 Å². The number of hydrogen-bond donors (Lipinski definition) is 0. The van der Waals surface area contributed by atoms with Crippen LogP contribution in [-0.2, 0) is 12.8 Å². The third-order valence-electron chi connectivity index (χ3n) is 2.98. The molecule has 0 N–H and O–H groups in total. The Hall–Kier alpha value is -1.66. The lowest BCUT2D eigenvalue weighted by Gasteiger charge is -2.17. The van der Waals surface area contributed by atoms with Crippen LogP contribution in [-0.4, -0.2) is 0 Å². The van der Waals surface area contributed by atoms with E-state index in [4.69, 9.17) is 6.42 Å². The van der Waals surface area contributed by atoms with Gasteiger partial charge in [0, 0.05) is 18.4 Å². The summed E-state index contributed by atoms with van der Waals surface area (Å²) in [5, 5.41) is 0. The Labute approximate surface area is 98.1 Å². The molecule has 0 atom stereocenters. The van der Waals surface area contributed by atoms with E-state index in [0.717, 1.165) is 31.2 Å². The minimum Gasteiger partial charge on any atom is -0.120 e. The van der Waals surface area contributed by atoms with Gasteiger partial charge in [-0.05, 0) is 48.9 Å². The molecule has 0 bridgehead atoms. The average Bonchev–Trinajstić information content (AvgIpc) is 2.26. The zero-order valence-electron chi connectivity index (χ0n) is 9.55. The fraction of sp³-hybridized carbons (Fsp3) is 0.375. The van der Waals surface area contributed by atoms with Crippen LogP contribution < -0.4 is 0 Å². The Morgan fingerprint density at radius 1 is 1.06 bits per heavy atom. The Morgan fingerprint density at radius 2 is 1.88 bits per heavy atom. The van der Waals surface area contributed by atoms with Gasteiger partial charge in [0.15, 0.2) is 0 Å². The van der Waals surface area contributed by atoms with Crippen molar-refractivity contribution < 1.29 is 0 Å². The maximum Gasteiger partial charge on any atom is 0.0248 e. The van der Waals surface area contributed by atoms with Crippen molar-refractivity contribution in [3.8, 4) is 24.2 Å². The number of terminal acetylenes is 1. The minimum absolute atomic E-state index is 0.876. The molecule has 0 amide bonds. The number of aryl methyl sites for hydroxylation is 2. The lowest BCUT2D eigenvalue weighted by Crippen LogP contribution is -2.07. The number of unbranched alkanes of at least 4 members (excludes halogenated alkanes) is 3. The fourth-order valence-corrected chi connectivity index (χ4v) is 1.88. The maximum absolute atomic E-state index is 5.19.